The van der Waals surface area contributed by atoms with Crippen molar-refractivity contribution in [1.29, 1.82) is 0 Å². The number of nitrogens with one attached hydrogen (secondary N) is 2. The number of rotatable bonds is 6. The average molecular weight is 460 g/mol. The Morgan fingerprint density at radius 2 is 2.06 bits per heavy atom. The average Bonchev–Trinajstić information content (AvgIpc) is 3.40. The van der Waals surface area contributed by atoms with Crippen LogP contribution in [0.1, 0.15) is 25.0 Å². The molecule has 166 valence electrons. The minimum Gasteiger partial charge on any atom is -0.441 e. The van der Waals surface area contributed by atoms with Crippen LogP contribution in [-0.2, 0) is 16.6 Å². The predicted octanol–water partition coefficient (Wildman–Crippen LogP) is 3.53. The number of ether oxygens (including phenoxy) is 1. The highest BCUT2D eigenvalue weighted by Gasteiger charge is 2.43. The molecule has 0 unspecified atom stereocenters. The van der Waals surface area contributed by atoms with Gasteiger partial charge >= 0.3 is 6.09 Å². The molecule has 0 bridgehead atoms. The van der Waals surface area contributed by atoms with E-state index in [1.807, 2.05) is 0 Å². The summed E-state index contributed by atoms with van der Waals surface area (Å²) in [6.45, 7) is 1.67. The van der Waals surface area contributed by atoms with Crippen LogP contribution in [0, 0.1) is 5.92 Å². The number of pyridine rings is 2. The number of carbonyl (C=O) groups is 2. The van der Waals surface area contributed by atoms with Gasteiger partial charge in [0.25, 0.3) is 0 Å². The van der Waals surface area contributed by atoms with Crippen LogP contribution in [0.3, 0.4) is 0 Å². The molecule has 2 amide bonds. The van der Waals surface area contributed by atoms with Crippen LogP contribution >= 0.6 is 11.6 Å². The van der Waals surface area contributed by atoms with Crippen LogP contribution in [0.25, 0.3) is 11.4 Å². The van der Waals surface area contributed by atoms with Crippen LogP contribution in [-0.4, -0.2) is 43.1 Å². The molecule has 0 saturated heterocycles. The molecule has 12 heteroatoms. The first-order valence-corrected chi connectivity index (χ1v) is 10.1. The van der Waals surface area contributed by atoms with Gasteiger partial charge in [0, 0.05) is 18.8 Å². The van der Waals surface area contributed by atoms with Gasteiger partial charge in [0.15, 0.2) is 11.5 Å². The Kier molecular flexibility index (Phi) is 5.99. The van der Waals surface area contributed by atoms with Gasteiger partial charge in [-0.2, -0.15) is 0 Å². The van der Waals surface area contributed by atoms with Crippen molar-refractivity contribution < 1.29 is 18.7 Å². The highest BCUT2D eigenvalue weighted by molar-refractivity contribution is 6.30. The molecule has 1 fully saturated rings. The SMILES string of the molecule is C[C@@H](OC(=O)Nc1c(-c2ccc(NC(=O)[C@H]3C[C@H]3F)cn2)nnn1C)c1cccnc1Cl. The number of amides is 2. The minimum atomic E-state index is -1.08. The Morgan fingerprint density at radius 1 is 1.28 bits per heavy atom. The highest BCUT2D eigenvalue weighted by Crippen LogP contribution is 2.34. The lowest BCUT2D eigenvalue weighted by atomic mass is 10.2. The summed E-state index contributed by atoms with van der Waals surface area (Å²) in [5.74, 6) is -0.707. The Morgan fingerprint density at radius 3 is 2.72 bits per heavy atom. The number of hydrogen-bond acceptors (Lipinski definition) is 7. The van der Waals surface area contributed by atoms with Crippen molar-refractivity contribution >= 4 is 35.1 Å². The van der Waals surface area contributed by atoms with E-state index >= 15 is 0 Å². The van der Waals surface area contributed by atoms with Crippen molar-refractivity contribution in [3.05, 3.63) is 47.4 Å². The third-order valence-corrected chi connectivity index (χ3v) is 5.20. The quantitative estimate of drug-likeness (QED) is 0.540. The van der Waals surface area contributed by atoms with Crippen LogP contribution in [0.4, 0.5) is 20.7 Å². The van der Waals surface area contributed by atoms with Crippen molar-refractivity contribution in [3.63, 3.8) is 0 Å². The second-order valence-corrected chi connectivity index (χ2v) is 7.60. The number of alkyl halides is 1. The number of anilines is 2. The van der Waals surface area contributed by atoms with Crippen molar-refractivity contribution in [2.75, 3.05) is 10.6 Å². The highest BCUT2D eigenvalue weighted by atomic mass is 35.5. The van der Waals surface area contributed by atoms with E-state index in [1.54, 1.807) is 44.4 Å². The summed E-state index contributed by atoms with van der Waals surface area (Å²) in [6, 6.07) is 6.62. The van der Waals surface area contributed by atoms with Gasteiger partial charge in [-0.3, -0.25) is 15.1 Å². The standard InChI is InChI=1S/C20H19ClFN7O3/c1-10(12-4-3-7-23-17(12)21)32-20(31)26-18-16(27-28-29(18)2)15-6-5-11(9-24-15)25-19(30)13-8-14(13)22/h3-7,9-10,13-14H,8H2,1-2H3,(H,25,30)(H,26,31)/t10-,13+,14-/m1/s1. The third-order valence-electron chi connectivity index (χ3n) is 4.88. The van der Waals surface area contributed by atoms with E-state index in [-0.39, 0.29) is 23.3 Å². The van der Waals surface area contributed by atoms with Gasteiger partial charge in [0.1, 0.15) is 17.4 Å². The number of carbonyl (C=O) groups excluding carboxylic acids is 2. The van der Waals surface area contributed by atoms with E-state index in [2.05, 4.69) is 30.9 Å². The summed E-state index contributed by atoms with van der Waals surface area (Å²) < 4.78 is 19.8. The van der Waals surface area contributed by atoms with Gasteiger partial charge in [0.2, 0.25) is 5.91 Å². The lowest BCUT2D eigenvalue weighted by Crippen LogP contribution is -2.18. The smallest absolute Gasteiger partial charge is 0.413 e. The monoisotopic (exact) mass is 459 g/mol. The van der Waals surface area contributed by atoms with Gasteiger partial charge < -0.3 is 10.1 Å². The molecule has 4 rings (SSSR count). The van der Waals surface area contributed by atoms with Gasteiger partial charge in [-0.25, -0.2) is 18.9 Å². The van der Waals surface area contributed by atoms with Gasteiger partial charge in [-0.05, 0) is 31.5 Å². The second kappa shape index (κ2) is 8.87. The van der Waals surface area contributed by atoms with E-state index in [4.69, 9.17) is 16.3 Å². The number of nitrogens with zero attached hydrogens (tertiary/aromatic N) is 5. The van der Waals surface area contributed by atoms with Gasteiger partial charge in [0.05, 0.1) is 23.5 Å². The maximum Gasteiger partial charge on any atom is 0.413 e. The Bertz CT molecular complexity index is 1150. The lowest BCUT2D eigenvalue weighted by Gasteiger charge is -2.15. The first kappa shape index (κ1) is 21.6. The molecule has 1 aliphatic carbocycles. The molecule has 1 aliphatic rings. The number of hydrogen-bond donors (Lipinski definition) is 2. The molecule has 0 radical (unpaired) electrons. The van der Waals surface area contributed by atoms with Crippen molar-refractivity contribution in [3.8, 4) is 11.4 Å². The van der Waals surface area contributed by atoms with E-state index in [0.717, 1.165) is 0 Å². The van der Waals surface area contributed by atoms with Crippen molar-refractivity contribution in [2.24, 2.45) is 13.0 Å². The zero-order valence-electron chi connectivity index (χ0n) is 17.1. The fourth-order valence-electron chi connectivity index (χ4n) is 3.00. The second-order valence-electron chi connectivity index (χ2n) is 7.25. The van der Waals surface area contributed by atoms with Crippen LogP contribution in [0.15, 0.2) is 36.7 Å². The third kappa shape index (κ3) is 4.67. The Hall–Kier alpha value is -3.60. The normalized spacial score (nSPS) is 18.0. The zero-order chi connectivity index (χ0) is 22.8. The summed E-state index contributed by atoms with van der Waals surface area (Å²) in [5.41, 5.74) is 1.71. The van der Waals surface area contributed by atoms with Crippen LogP contribution in [0.2, 0.25) is 5.15 Å². The van der Waals surface area contributed by atoms with Crippen molar-refractivity contribution in [1.82, 2.24) is 25.0 Å². The molecule has 2 N–H and O–H groups in total. The molecule has 0 spiro atoms. The summed E-state index contributed by atoms with van der Waals surface area (Å²) >= 11 is 6.05. The molecule has 3 heterocycles. The summed E-state index contributed by atoms with van der Waals surface area (Å²) in [5, 5.41) is 13.4. The number of halogens is 2. The summed E-state index contributed by atoms with van der Waals surface area (Å²) in [6.07, 6.45) is 0.752. The Labute approximate surface area is 187 Å². The molecule has 0 aliphatic heterocycles. The largest absolute Gasteiger partial charge is 0.441 e. The molecule has 0 aromatic carbocycles. The van der Waals surface area contributed by atoms with Crippen LogP contribution in [0.5, 0.6) is 0 Å². The fraction of sp³-hybridized carbons (Fsp3) is 0.300. The maximum absolute atomic E-state index is 13.0. The van der Waals surface area contributed by atoms with Gasteiger partial charge in [-0.15, -0.1) is 5.10 Å². The van der Waals surface area contributed by atoms with E-state index < -0.39 is 24.3 Å². The molecular weight excluding hydrogens is 441 g/mol. The van der Waals surface area contributed by atoms with E-state index in [1.165, 1.54) is 10.9 Å². The molecule has 1 saturated carbocycles. The Balaban J connectivity index is 1.44. The molecule has 32 heavy (non-hydrogen) atoms. The van der Waals surface area contributed by atoms with Crippen molar-refractivity contribution in [2.45, 2.75) is 25.6 Å². The summed E-state index contributed by atoms with van der Waals surface area (Å²) in [7, 11) is 1.60. The van der Waals surface area contributed by atoms with Crippen LogP contribution < -0.4 is 10.6 Å². The lowest BCUT2D eigenvalue weighted by molar-refractivity contribution is -0.117. The van der Waals surface area contributed by atoms with E-state index in [0.29, 0.717) is 22.6 Å². The first-order chi connectivity index (χ1) is 15.3. The van der Waals surface area contributed by atoms with Gasteiger partial charge in [-0.1, -0.05) is 22.9 Å². The topological polar surface area (TPSA) is 124 Å². The first-order valence-electron chi connectivity index (χ1n) is 9.72. The van der Waals surface area contributed by atoms with E-state index in [9.17, 15) is 14.0 Å². The predicted molar refractivity (Wildman–Crippen MR) is 114 cm³/mol. The molecule has 10 nitrogen and oxygen atoms in total. The number of aryl methyl sites for hydroxylation is 1. The minimum absolute atomic E-state index is 0.244. The molecule has 3 atom stereocenters. The molecule has 3 aromatic rings. The zero-order valence-corrected chi connectivity index (χ0v) is 17.9. The fourth-order valence-corrected chi connectivity index (χ4v) is 3.27. The summed E-state index contributed by atoms with van der Waals surface area (Å²) in [4.78, 5) is 32.5. The molecule has 3 aromatic heterocycles. The maximum atomic E-state index is 13.0. The number of aromatic nitrogens is 5. The molecular formula is C20H19ClFN7O3.